The van der Waals surface area contributed by atoms with Gasteiger partial charge in [-0.1, -0.05) is 52.9 Å². The van der Waals surface area contributed by atoms with Gasteiger partial charge >= 0.3 is 0 Å². The van der Waals surface area contributed by atoms with Crippen LogP contribution in [0.3, 0.4) is 0 Å². The van der Waals surface area contributed by atoms with Gasteiger partial charge in [0.2, 0.25) is 11.1 Å². The normalized spacial score (nSPS) is 12.9. The van der Waals surface area contributed by atoms with Gasteiger partial charge in [0, 0.05) is 18.0 Å². The molecule has 0 atom stereocenters. The Hall–Kier alpha value is -3.62. The molecule has 0 spiro atoms. The molecule has 2 heterocycles. The summed E-state index contributed by atoms with van der Waals surface area (Å²) in [6, 6.07) is 14.7. The average Bonchev–Trinajstić information content (AvgIpc) is 3.73. The lowest BCUT2D eigenvalue weighted by Gasteiger charge is -2.19. The summed E-state index contributed by atoms with van der Waals surface area (Å²) >= 11 is 14.2. The topological polar surface area (TPSA) is 104 Å². The number of benzene rings is 2. The highest BCUT2D eigenvalue weighted by Crippen LogP contribution is 2.41. The summed E-state index contributed by atoms with van der Waals surface area (Å²) in [4.78, 5) is 16.7. The Balaban J connectivity index is 1.12. The summed E-state index contributed by atoms with van der Waals surface area (Å²) in [6.07, 6.45) is 5.72. The molecule has 1 N–H and O–H groups in total. The molecule has 5 rings (SSSR count). The van der Waals surface area contributed by atoms with Gasteiger partial charge in [-0.05, 0) is 91.1 Å². The van der Waals surface area contributed by atoms with Gasteiger partial charge in [-0.15, -0.1) is 5.10 Å². The number of halogens is 2. The summed E-state index contributed by atoms with van der Waals surface area (Å²) in [6.45, 7) is 4.53. The van der Waals surface area contributed by atoms with E-state index in [-0.39, 0.29) is 11.7 Å². The van der Waals surface area contributed by atoms with E-state index >= 15 is 0 Å². The SMILES string of the molecule is CC(C)(C#Cc1ccc(NC(=O)CSc2nnnn2-c2ccc(C3CC3)cc2Cl)c(Cl)c1)OCCOc1ccncc1. The van der Waals surface area contributed by atoms with Crippen LogP contribution in [0.5, 0.6) is 5.75 Å². The van der Waals surface area contributed by atoms with Crippen LogP contribution < -0.4 is 10.1 Å². The number of rotatable bonds is 11. The van der Waals surface area contributed by atoms with Crippen LogP contribution >= 0.6 is 35.0 Å². The maximum Gasteiger partial charge on any atom is 0.234 e. The highest BCUT2D eigenvalue weighted by molar-refractivity contribution is 7.99. The number of hydrogen-bond acceptors (Lipinski definition) is 8. The molecule has 2 aromatic carbocycles. The van der Waals surface area contributed by atoms with E-state index < -0.39 is 5.60 Å². The Bertz CT molecular complexity index is 1620. The number of hydrogen-bond donors (Lipinski definition) is 1. The Morgan fingerprint density at radius 1 is 1.10 bits per heavy atom. The van der Waals surface area contributed by atoms with Crippen LogP contribution in [0, 0.1) is 11.8 Å². The molecule has 2 aromatic heterocycles. The average molecular weight is 624 g/mol. The molecule has 1 fully saturated rings. The second kappa shape index (κ2) is 13.6. The molecule has 1 aliphatic rings. The molecule has 1 saturated carbocycles. The number of carbonyl (C=O) groups is 1. The molecule has 42 heavy (non-hydrogen) atoms. The van der Waals surface area contributed by atoms with Crippen LogP contribution in [-0.4, -0.2) is 55.7 Å². The minimum Gasteiger partial charge on any atom is -0.491 e. The molecule has 1 amide bonds. The number of thioether (sulfide) groups is 1. The van der Waals surface area contributed by atoms with Crippen molar-refractivity contribution >= 4 is 46.6 Å². The van der Waals surface area contributed by atoms with Crippen molar-refractivity contribution in [2.45, 2.75) is 43.4 Å². The fraction of sp³-hybridized carbons (Fsp3) is 0.300. The molecular weight excluding hydrogens is 595 g/mol. The molecule has 12 heteroatoms. The van der Waals surface area contributed by atoms with E-state index in [9.17, 15) is 4.79 Å². The number of pyridine rings is 1. The van der Waals surface area contributed by atoms with Gasteiger partial charge in [0.25, 0.3) is 0 Å². The maximum atomic E-state index is 12.7. The van der Waals surface area contributed by atoms with E-state index in [4.69, 9.17) is 32.7 Å². The first-order chi connectivity index (χ1) is 20.3. The number of nitrogens with one attached hydrogen (secondary N) is 1. The molecule has 0 radical (unpaired) electrons. The zero-order valence-electron chi connectivity index (χ0n) is 23.0. The van der Waals surface area contributed by atoms with Crippen molar-refractivity contribution in [3.05, 3.63) is 82.1 Å². The van der Waals surface area contributed by atoms with E-state index in [1.54, 1.807) is 42.7 Å². The third kappa shape index (κ3) is 8.23. The summed E-state index contributed by atoms with van der Waals surface area (Å²) in [5, 5.41) is 16.1. The number of aromatic nitrogens is 5. The van der Waals surface area contributed by atoms with Crippen molar-refractivity contribution in [3.63, 3.8) is 0 Å². The first kappa shape index (κ1) is 29.9. The maximum absolute atomic E-state index is 12.7. The second-order valence-electron chi connectivity index (χ2n) is 10.0. The van der Waals surface area contributed by atoms with E-state index in [2.05, 4.69) is 37.7 Å². The summed E-state index contributed by atoms with van der Waals surface area (Å²) in [5.41, 5.74) is 2.37. The van der Waals surface area contributed by atoms with Gasteiger partial charge in [-0.3, -0.25) is 9.78 Å². The number of carbonyl (C=O) groups excluding carboxylic acids is 1. The van der Waals surface area contributed by atoms with Gasteiger partial charge in [-0.2, -0.15) is 4.68 Å². The van der Waals surface area contributed by atoms with Crippen LogP contribution in [0.1, 0.15) is 43.7 Å². The van der Waals surface area contributed by atoms with E-state index in [0.29, 0.717) is 51.3 Å². The highest BCUT2D eigenvalue weighted by Gasteiger charge is 2.24. The van der Waals surface area contributed by atoms with Crippen LogP contribution in [0.2, 0.25) is 10.0 Å². The number of nitrogens with zero attached hydrogens (tertiary/aromatic N) is 5. The number of amides is 1. The van der Waals surface area contributed by atoms with Crippen LogP contribution in [-0.2, 0) is 9.53 Å². The van der Waals surface area contributed by atoms with Gasteiger partial charge in [0.15, 0.2) is 0 Å². The smallest absolute Gasteiger partial charge is 0.234 e. The largest absolute Gasteiger partial charge is 0.491 e. The molecule has 0 aliphatic heterocycles. The minimum atomic E-state index is -0.697. The molecule has 4 aromatic rings. The zero-order valence-corrected chi connectivity index (χ0v) is 25.3. The van der Waals surface area contributed by atoms with E-state index in [0.717, 1.165) is 5.75 Å². The van der Waals surface area contributed by atoms with E-state index in [1.807, 2.05) is 32.0 Å². The Morgan fingerprint density at radius 3 is 2.64 bits per heavy atom. The Labute approximate surface area is 258 Å². The molecule has 9 nitrogen and oxygen atoms in total. The quantitative estimate of drug-likeness (QED) is 0.120. The predicted molar refractivity (Wildman–Crippen MR) is 164 cm³/mol. The molecule has 0 unspecified atom stereocenters. The lowest BCUT2D eigenvalue weighted by atomic mass is 10.1. The van der Waals surface area contributed by atoms with Gasteiger partial charge < -0.3 is 14.8 Å². The zero-order chi connectivity index (χ0) is 29.5. The van der Waals surface area contributed by atoms with Crippen LogP contribution in [0.15, 0.2) is 66.1 Å². The van der Waals surface area contributed by atoms with Gasteiger partial charge in [0.05, 0.1) is 33.8 Å². The molecule has 1 aliphatic carbocycles. The van der Waals surface area contributed by atoms with Crippen molar-refractivity contribution in [2.24, 2.45) is 0 Å². The second-order valence-corrected chi connectivity index (χ2v) is 11.8. The van der Waals surface area contributed by atoms with Gasteiger partial charge in [-0.25, -0.2) is 0 Å². The Morgan fingerprint density at radius 2 is 1.90 bits per heavy atom. The highest BCUT2D eigenvalue weighted by atomic mass is 35.5. The standard InChI is InChI=1S/C30H28Cl2N6O3S/c1-30(2,41-16-15-40-23-10-13-33-14-11-23)12-9-20-3-7-26(24(31)17-20)34-28(39)19-42-29-35-36-37-38(29)27-8-6-22(18-25(27)32)21-4-5-21/h3,6-8,10-11,13-14,17-18,21H,4-5,15-16,19H2,1-2H3,(H,34,39). The lowest BCUT2D eigenvalue weighted by molar-refractivity contribution is -0.113. The first-order valence-corrected chi connectivity index (χ1v) is 15.0. The van der Waals surface area contributed by atoms with E-state index in [1.165, 1.54) is 34.8 Å². The molecular formula is C30H28Cl2N6O3S. The first-order valence-electron chi connectivity index (χ1n) is 13.3. The molecule has 0 bridgehead atoms. The van der Waals surface area contributed by atoms with Crippen molar-refractivity contribution < 1.29 is 14.3 Å². The molecule has 216 valence electrons. The number of ether oxygens (including phenoxy) is 2. The van der Waals surface area contributed by atoms with Crippen molar-refractivity contribution in [2.75, 3.05) is 24.3 Å². The van der Waals surface area contributed by atoms with Crippen LogP contribution in [0.4, 0.5) is 5.69 Å². The van der Waals surface area contributed by atoms with Gasteiger partial charge in [0.1, 0.15) is 18.0 Å². The number of tetrazole rings is 1. The molecule has 0 saturated heterocycles. The third-order valence-electron chi connectivity index (χ3n) is 6.24. The predicted octanol–water partition coefficient (Wildman–Crippen LogP) is 6.20. The lowest BCUT2D eigenvalue weighted by Crippen LogP contribution is -2.25. The monoisotopic (exact) mass is 622 g/mol. The fourth-order valence-corrected chi connectivity index (χ4v) is 5.13. The Kier molecular flexibility index (Phi) is 9.65. The number of anilines is 1. The summed E-state index contributed by atoms with van der Waals surface area (Å²) in [7, 11) is 0. The third-order valence-corrected chi connectivity index (χ3v) is 7.77. The minimum absolute atomic E-state index is 0.0758. The summed E-state index contributed by atoms with van der Waals surface area (Å²) < 4.78 is 13.0. The van der Waals surface area contributed by atoms with Crippen molar-refractivity contribution in [3.8, 4) is 23.3 Å². The van der Waals surface area contributed by atoms with Crippen molar-refractivity contribution in [1.82, 2.24) is 25.2 Å². The van der Waals surface area contributed by atoms with Crippen LogP contribution in [0.25, 0.3) is 5.69 Å². The summed E-state index contributed by atoms with van der Waals surface area (Å²) in [5.74, 6) is 7.34. The van der Waals surface area contributed by atoms with Crippen molar-refractivity contribution in [1.29, 1.82) is 0 Å². The fourth-order valence-electron chi connectivity index (χ4n) is 3.95.